The zero-order valence-corrected chi connectivity index (χ0v) is 14.2. The number of aryl methyl sites for hydroxylation is 1. The Morgan fingerprint density at radius 3 is 2.48 bits per heavy atom. The van der Waals surface area contributed by atoms with Crippen molar-refractivity contribution >= 4 is 17.5 Å². The molecule has 132 valence electrons. The third-order valence-electron chi connectivity index (χ3n) is 3.68. The smallest absolute Gasteiger partial charge is 0.253 e. The first-order valence-electron chi connectivity index (χ1n) is 8.14. The summed E-state index contributed by atoms with van der Waals surface area (Å²) in [4.78, 5) is 24.3. The number of nitrogens with two attached hydrogens (primary N) is 1. The van der Waals surface area contributed by atoms with Gasteiger partial charge in [0.1, 0.15) is 5.75 Å². The largest absolute Gasteiger partial charge is 0.497 e. The summed E-state index contributed by atoms with van der Waals surface area (Å²) in [6, 6.07) is 14.5. The Kier molecular flexibility index (Phi) is 6.98. The van der Waals surface area contributed by atoms with Crippen molar-refractivity contribution in [1.29, 1.82) is 0 Å². The van der Waals surface area contributed by atoms with Crippen LogP contribution in [0.3, 0.4) is 0 Å². The molecule has 25 heavy (non-hydrogen) atoms. The van der Waals surface area contributed by atoms with Gasteiger partial charge in [0, 0.05) is 19.5 Å². The summed E-state index contributed by atoms with van der Waals surface area (Å²) >= 11 is 0. The number of nitrogens with one attached hydrogen (secondary N) is 2. The fourth-order valence-corrected chi connectivity index (χ4v) is 2.33. The number of para-hydroxylation sites is 1. The van der Waals surface area contributed by atoms with Crippen molar-refractivity contribution in [2.75, 3.05) is 25.5 Å². The molecule has 6 nitrogen and oxygen atoms in total. The summed E-state index contributed by atoms with van der Waals surface area (Å²) in [6.07, 6.45) is 0.933. The van der Waals surface area contributed by atoms with E-state index < -0.39 is 0 Å². The molecule has 0 atom stereocenters. The molecule has 2 rings (SSSR count). The molecule has 0 heterocycles. The van der Waals surface area contributed by atoms with E-state index in [9.17, 15) is 9.59 Å². The number of amides is 2. The van der Waals surface area contributed by atoms with Crippen molar-refractivity contribution in [1.82, 2.24) is 5.32 Å². The van der Waals surface area contributed by atoms with Crippen LogP contribution >= 0.6 is 0 Å². The van der Waals surface area contributed by atoms with Crippen molar-refractivity contribution in [3.8, 4) is 5.75 Å². The van der Waals surface area contributed by atoms with Gasteiger partial charge in [-0.2, -0.15) is 0 Å². The molecule has 2 amide bonds. The molecular formula is C19H23N3O3. The molecule has 0 aliphatic rings. The lowest BCUT2D eigenvalue weighted by Gasteiger charge is -2.11. The molecule has 0 aliphatic carbocycles. The van der Waals surface area contributed by atoms with Crippen LogP contribution in [0.15, 0.2) is 48.5 Å². The Morgan fingerprint density at radius 2 is 1.80 bits per heavy atom. The normalized spacial score (nSPS) is 10.2. The van der Waals surface area contributed by atoms with E-state index in [1.165, 1.54) is 0 Å². The van der Waals surface area contributed by atoms with Crippen LogP contribution in [-0.2, 0) is 11.2 Å². The number of ether oxygens (including phenoxy) is 1. The van der Waals surface area contributed by atoms with Gasteiger partial charge in [-0.3, -0.25) is 9.59 Å². The quantitative estimate of drug-likeness (QED) is 0.684. The van der Waals surface area contributed by atoms with Gasteiger partial charge in [0.2, 0.25) is 5.91 Å². The highest BCUT2D eigenvalue weighted by Gasteiger charge is 2.12. The van der Waals surface area contributed by atoms with Crippen molar-refractivity contribution in [2.24, 2.45) is 5.73 Å². The summed E-state index contributed by atoms with van der Waals surface area (Å²) in [5.41, 5.74) is 7.36. The minimum atomic E-state index is -0.253. The maximum Gasteiger partial charge on any atom is 0.253 e. The van der Waals surface area contributed by atoms with Crippen LogP contribution in [0, 0.1) is 0 Å². The average molecular weight is 341 g/mol. The highest BCUT2D eigenvalue weighted by Crippen LogP contribution is 2.16. The van der Waals surface area contributed by atoms with Crippen LogP contribution < -0.4 is 21.1 Å². The zero-order valence-electron chi connectivity index (χ0n) is 14.2. The summed E-state index contributed by atoms with van der Waals surface area (Å²) in [6.45, 7) is 0.751. The highest BCUT2D eigenvalue weighted by molar-refractivity contribution is 6.03. The van der Waals surface area contributed by atoms with Crippen LogP contribution in [0.5, 0.6) is 5.75 Å². The Balaban J connectivity index is 1.94. The second-order valence-electron chi connectivity index (χ2n) is 5.49. The van der Waals surface area contributed by atoms with Gasteiger partial charge in [0.25, 0.3) is 5.91 Å². The Labute approximate surface area is 147 Å². The number of carbonyl (C=O) groups is 2. The van der Waals surface area contributed by atoms with Crippen molar-refractivity contribution in [3.63, 3.8) is 0 Å². The van der Waals surface area contributed by atoms with E-state index in [1.54, 1.807) is 31.4 Å². The fraction of sp³-hybridized carbons (Fsp3) is 0.263. The molecule has 0 bridgehead atoms. The molecule has 0 saturated carbocycles. The standard InChI is InChI=1S/C19H23N3O3/c1-25-15-9-6-14(7-10-15)8-11-18(23)22-17-5-3-2-4-16(17)19(24)21-13-12-20/h2-7,9-10H,8,11-13,20H2,1H3,(H,21,24)(H,22,23). The molecule has 0 aliphatic heterocycles. The van der Waals surface area contributed by atoms with E-state index in [1.807, 2.05) is 24.3 Å². The van der Waals surface area contributed by atoms with E-state index in [0.29, 0.717) is 37.2 Å². The maximum atomic E-state index is 12.2. The second kappa shape index (κ2) is 9.44. The number of anilines is 1. The second-order valence-corrected chi connectivity index (χ2v) is 5.49. The molecule has 6 heteroatoms. The molecule has 0 radical (unpaired) electrons. The summed E-state index contributed by atoms with van der Waals surface area (Å²) < 4.78 is 5.11. The SMILES string of the molecule is COc1ccc(CCC(=O)Nc2ccccc2C(=O)NCCN)cc1. The number of benzene rings is 2. The van der Waals surface area contributed by atoms with E-state index in [0.717, 1.165) is 11.3 Å². The molecule has 0 unspecified atom stereocenters. The molecule has 2 aromatic rings. The van der Waals surface area contributed by atoms with E-state index >= 15 is 0 Å². The Morgan fingerprint density at radius 1 is 1.08 bits per heavy atom. The van der Waals surface area contributed by atoms with Gasteiger partial charge in [-0.1, -0.05) is 24.3 Å². The number of rotatable bonds is 8. The molecule has 4 N–H and O–H groups in total. The lowest BCUT2D eigenvalue weighted by molar-refractivity contribution is -0.116. The summed E-state index contributed by atoms with van der Waals surface area (Å²) in [5, 5.41) is 5.51. The molecular weight excluding hydrogens is 318 g/mol. The van der Waals surface area contributed by atoms with Crippen LogP contribution in [0.25, 0.3) is 0 Å². The van der Waals surface area contributed by atoms with E-state index in [2.05, 4.69) is 10.6 Å². The predicted octanol–water partition coefficient (Wildman–Crippen LogP) is 1.95. The van der Waals surface area contributed by atoms with Crippen LogP contribution in [0.2, 0.25) is 0 Å². The van der Waals surface area contributed by atoms with Gasteiger partial charge in [0.05, 0.1) is 18.4 Å². The van der Waals surface area contributed by atoms with Gasteiger partial charge in [0.15, 0.2) is 0 Å². The lowest BCUT2D eigenvalue weighted by Crippen LogP contribution is -2.30. The minimum absolute atomic E-state index is 0.144. The minimum Gasteiger partial charge on any atom is -0.497 e. The fourth-order valence-electron chi connectivity index (χ4n) is 2.33. The molecule has 2 aromatic carbocycles. The van der Waals surface area contributed by atoms with Crippen molar-refractivity contribution < 1.29 is 14.3 Å². The highest BCUT2D eigenvalue weighted by atomic mass is 16.5. The number of hydrogen-bond acceptors (Lipinski definition) is 4. The number of carbonyl (C=O) groups excluding carboxylic acids is 2. The van der Waals surface area contributed by atoms with Gasteiger partial charge >= 0.3 is 0 Å². The van der Waals surface area contributed by atoms with E-state index in [4.69, 9.17) is 10.5 Å². The van der Waals surface area contributed by atoms with Gasteiger partial charge in [-0.25, -0.2) is 0 Å². The first-order chi connectivity index (χ1) is 12.1. The van der Waals surface area contributed by atoms with Gasteiger partial charge in [-0.05, 0) is 36.2 Å². The van der Waals surface area contributed by atoms with Crippen LogP contribution in [0.4, 0.5) is 5.69 Å². The van der Waals surface area contributed by atoms with Crippen LogP contribution in [0.1, 0.15) is 22.3 Å². The van der Waals surface area contributed by atoms with Crippen molar-refractivity contribution in [2.45, 2.75) is 12.8 Å². The van der Waals surface area contributed by atoms with Gasteiger partial charge < -0.3 is 21.1 Å². The molecule has 0 fully saturated rings. The Bertz CT molecular complexity index is 714. The topological polar surface area (TPSA) is 93.4 Å². The first kappa shape index (κ1) is 18.5. The summed E-state index contributed by atoms with van der Waals surface area (Å²) in [7, 11) is 1.61. The number of hydrogen-bond donors (Lipinski definition) is 3. The molecule has 0 spiro atoms. The maximum absolute atomic E-state index is 12.2. The van der Waals surface area contributed by atoms with E-state index in [-0.39, 0.29) is 11.8 Å². The molecule has 0 aromatic heterocycles. The number of methoxy groups -OCH3 is 1. The molecule has 0 saturated heterocycles. The third kappa shape index (κ3) is 5.61. The average Bonchev–Trinajstić information content (AvgIpc) is 2.65. The lowest BCUT2D eigenvalue weighted by atomic mass is 10.1. The predicted molar refractivity (Wildman–Crippen MR) is 97.8 cm³/mol. The van der Waals surface area contributed by atoms with Gasteiger partial charge in [-0.15, -0.1) is 0 Å². The van der Waals surface area contributed by atoms with Crippen molar-refractivity contribution in [3.05, 3.63) is 59.7 Å². The monoisotopic (exact) mass is 341 g/mol. The first-order valence-corrected chi connectivity index (χ1v) is 8.14. The summed E-state index contributed by atoms with van der Waals surface area (Å²) in [5.74, 6) is 0.386. The third-order valence-corrected chi connectivity index (χ3v) is 3.68. The Hall–Kier alpha value is -2.86. The van der Waals surface area contributed by atoms with Crippen LogP contribution in [-0.4, -0.2) is 32.0 Å². The zero-order chi connectivity index (χ0) is 18.1.